The maximum atomic E-state index is 7.13. The van der Waals surface area contributed by atoms with Crippen LogP contribution >= 0.6 is 0 Å². The highest BCUT2D eigenvalue weighted by atomic mass is 16.5. The van der Waals surface area contributed by atoms with Gasteiger partial charge in [-0.15, -0.1) is 0 Å². The lowest BCUT2D eigenvalue weighted by Gasteiger charge is -2.40. The summed E-state index contributed by atoms with van der Waals surface area (Å²) in [6.45, 7) is 0. The van der Waals surface area contributed by atoms with Crippen LogP contribution < -0.4 is 9.64 Å². The SMILES string of the molecule is c1ccc(N(c2ccc(-c3ccc4c(c3)-c3ccccc3C43c4ccc5ccccc5c4Oc4c3ccc3ccccc43)cc2)c2ccc3ccccc3c2)cc1. The minimum absolute atomic E-state index is 0.554. The van der Waals surface area contributed by atoms with Crippen molar-refractivity contribution in [2.24, 2.45) is 0 Å². The maximum Gasteiger partial charge on any atom is 0.140 e. The first-order valence-electron chi connectivity index (χ1n) is 19.7. The third-order valence-corrected chi connectivity index (χ3v) is 12.3. The van der Waals surface area contributed by atoms with Crippen molar-refractivity contribution < 1.29 is 4.74 Å². The van der Waals surface area contributed by atoms with E-state index in [9.17, 15) is 0 Å². The van der Waals surface area contributed by atoms with E-state index in [0.717, 1.165) is 39.3 Å². The van der Waals surface area contributed by atoms with Gasteiger partial charge in [0.05, 0.1) is 5.41 Å². The molecule has 2 nitrogen and oxygen atoms in total. The van der Waals surface area contributed by atoms with E-state index >= 15 is 0 Å². The summed E-state index contributed by atoms with van der Waals surface area (Å²) in [5, 5.41) is 7.06. The Morgan fingerprint density at radius 2 is 0.825 bits per heavy atom. The molecule has 0 saturated carbocycles. The lowest BCUT2D eigenvalue weighted by Crippen LogP contribution is -2.32. The molecule has 0 aromatic heterocycles. The average Bonchev–Trinajstić information content (AvgIpc) is 3.57. The second-order valence-electron chi connectivity index (χ2n) is 15.2. The van der Waals surface area contributed by atoms with Crippen LogP contribution in [0, 0.1) is 0 Å². The first kappa shape index (κ1) is 31.9. The predicted molar refractivity (Wildman–Crippen MR) is 236 cm³/mol. The molecule has 1 spiro atoms. The van der Waals surface area contributed by atoms with Crippen LogP contribution in [-0.2, 0) is 5.41 Å². The second kappa shape index (κ2) is 12.3. The van der Waals surface area contributed by atoms with E-state index in [1.807, 2.05) is 0 Å². The van der Waals surface area contributed by atoms with E-state index in [1.54, 1.807) is 0 Å². The van der Waals surface area contributed by atoms with Gasteiger partial charge in [-0.1, -0.05) is 170 Å². The Morgan fingerprint density at radius 3 is 1.54 bits per heavy atom. The van der Waals surface area contributed by atoms with E-state index in [0.29, 0.717) is 0 Å². The first-order chi connectivity index (χ1) is 28.3. The minimum atomic E-state index is -0.554. The fourth-order valence-electron chi connectivity index (χ4n) is 9.73. The molecule has 2 aliphatic rings. The molecule has 12 rings (SSSR count). The van der Waals surface area contributed by atoms with Gasteiger partial charge in [-0.05, 0) is 97.4 Å². The van der Waals surface area contributed by atoms with Gasteiger partial charge in [0.25, 0.3) is 0 Å². The van der Waals surface area contributed by atoms with Crippen LogP contribution in [0.1, 0.15) is 22.3 Å². The quantitative estimate of drug-likeness (QED) is 0.179. The molecule has 10 aromatic rings. The number of para-hydroxylation sites is 1. The highest BCUT2D eigenvalue weighted by molar-refractivity contribution is 6.00. The average molecular weight is 726 g/mol. The topological polar surface area (TPSA) is 12.5 Å². The minimum Gasteiger partial charge on any atom is -0.455 e. The summed E-state index contributed by atoms with van der Waals surface area (Å²) < 4.78 is 7.13. The van der Waals surface area contributed by atoms with Gasteiger partial charge >= 0.3 is 0 Å². The normalized spacial score (nSPS) is 13.2. The predicted octanol–water partition coefficient (Wildman–Crippen LogP) is 14.8. The molecule has 0 atom stereocenters. The van der Waals surface area contributed by atoms with E-state index in [2.05, 4.69) is 217 Å². The van der Waals surface area contributed by atoms with Gasteiger partial charge in [0.2, 0.25) is 0 Å². The molecule has 0 amide bonds. The smallest absolute Gasteiger partial charge is 0.140 e. The maximum absolute atomic E-state index is 7.13. The Bertz CT molecular complexity index is 3130. The summed E-state index contributed by atoms with van der Waals surface area (Å²) in [5.74, 6) is 1.88. The molecular formula is C55H35NO. The van der Waals surface area contributed by atoms with Gasteiger partial charge in [-0.25, -0.2) is 0 Å². The molecule has 0 fully saturated rings. The van der Waals surface area contributed by atoms with Crippen LogP contribution in [0.3, 0.4) is 0 Å². The number of ether oxygens (including phenoxy) is 1. The zero-order valence-electron chi connectivity index (χ0n) is 31.1. The molecule has 1 heterocycles. The fourth-order valence-corrected chi connectivity index (χ4v) is 9.73. The molecule has 0 unspecified atom stereocenters. The Kier molecular flexibility index (Phi) is 6.88. The molecule has 0 N–H and O–H groups in total. The van der Waals surface area contributed by atoms with Gasteiger partial charge in [0.15, 0.2) is 0 Å². The van der Waals surface area contributed by atoms with Gasteiger partial charge in [0.1, 0.15) is 11.5 Å². The number of rotatable bonds is 4. The Labute approximate surface area is 331 Å². The lowest BCUT2D eigenvalue weighted by atomic mass is 9.65. The monoisotopic (exact) mass is 725 g/mol. The Balaban J connectivity index is 1.03. The number of anilines is 3. The van der Waals surface area contributed by atoms with Crippen molar-refractivity contribution in [3.63, 3.8) is 0 Å². The van der Waals surface area contributed by atoms with Gasteiger partial charge in [0, 0.05) is 39.0 Å². The number of nitrogens with zero attached hydrogens (tertiary/aromatic N) is 1. The summed E-state index contributed by atoms with van der Waals surface area (Å²) in [4.78, 5) is 2.34. The number of hydrogen-bond acceptors (Lipinski definition) is 2. The van der Waals surface area contributed by atoms with E-state index in [1.165, 1.54) is 66.1 Å². The molecule has 266 valence electrons. The summed E-state index contributed by atoms with van der Waals surface area (Å²) >= 11 is 0. The molecule has 1 aliphatic carbocycles. The Morgan fingerprint density at radius 1 is 0.316 bits per heavy atom. The Hall–Kier alpha value is -7.42. The standard InChI is InChI=1S/C55H35NO/c1-2-16-42(17-3-1)56(44-30-24-36-12-4-5-15-40(36)34-44)43-28-22-37(23-29-43)41-27-31-50-48(35-41)47-20-10-11-21-49(47)55(50)51-32-25-38-13-6-8-18-45(38)53(51)57-54-46-19-9-7-14-39(46)26-33-52(54)55/h1-35H. The van der Waals surface area contributed by atoms with Crippen molar-refractivity contribution in [1.29, 1.82) is 0 Å². The summed E-state index contributed by atoms with van der Waals surface area (Å²) in [6.07, 6.45) is 0. The van der Waals surface area contributed by atoms with Crippen molar-refractivity contribution in [3.8, 4) is 33.8 Å². The zero-order chi connectivity index (χ0) is 37.5. The third-order valence-electron chi connectivity index (χ3n) is 12.3. The van der Waals surface area contributed by atoms with Crippen LogP contribution in [0.15, 0.2) is 212 Å². The molecule has 0 saturated heterocycles. The molecular weight excluding hydrogens is 691 g/mol. The zero-order valence-corrected chi connectivity index (χ0v) is 31.1. The lowest BCUT2D eigenvalue weighted by molar-refractivity contribution is 0.447. The van der Waals surface area contributed by atoms with Crippen LogP contribution in [-0.4, -0.2) is 0 Å². The van der Waals surface area contributed by atoms with Crippen molar-refractivity contribution in [3.05, 3.63) is 235 Å². The van der Waals surface area contributed by atoms with E-state index < -0.39 is 5.41 Å². The van der Waals surface area contributed by atoms with Crippen LogP contribution in [0.4, 0.5) is 17.1 Å². The van der Waals surface area contributed by atoms with E-state index in [-0.39, 0.29) is 0 Å². The third kappa shape index (κ3) is 4.65. The van der Waals surface area contributed by atoms with Crippen molar-refractivity contribution in [2.75, 3.05) is 4.90 Å². The molecule has 2 heteroatoms. The fraction of sp³-hybridized carbons (Fsp3) is 0.0182. The van der Waals surface area contributed by atoms with Crippen LogP contribution in [0.25, 0.3) is 54.6 Å². The summed E-state index contributed by atoms with van der Waals surface area (Å²) in [7, 11) is 0. The number of fused-ring (bicyclic) bond motifs is 14. The van der Waals surface area contributed by atoms with Crippen molar-refractivity contribution >= 4 is 49.4 Å². The van der Waals surface area contributed by atoms with Gasteiger partial charge in [-0.2, -0.15) is 0 Å². The van der Waals surface area contributed by atoms with E-state index in [4.69, 9.17) is 4.74 Å². The number of hydrogen-bond donors (Lipinski definition) is 0. The molecule has 0 radical (unpaired) electrons. The van der Waals surface area contributed by atoms with Gasteiger partial charge < -0.3 is 9.64 Å². The molecule has 1 aliphatic heterocycles. The highest BCUT2D eigenvalue weighted by Crippen LogP contribution is 2.64. The summed E-state index contributed by atoms with van der Waals surface area (Å²) in [6, 6.07) is 77.4. The van der Waals surface area contributed by atoms with Crippen molar-refractivity contribution in [2.45, 2.75) is 5.41 Å². The van der Waals surface area contributed by atoms with Gasteiger partial charge in [-0.3, -0.25) is 0 Å². The first-order valence-corrected chi connectivity index (χ1v) is 19.7. The number of benzene rings is 10. The molecule has 57 heavy (non-hydrogen) atoms. The molecule has 0 bridgehead atoms. The van der Waals surface area contributed by atoms with Crippen LogP contribution in [0.2, 0.25) is 0 Å². The summed E-state index contributed by atoms with van der Waals surface area (Å²) in [5.41, 5.74) is 12.6. The molecule has 10 aromatic carbocycles. The van der Waals surface area contributed by atoms with Crippen molar-refractivity contribution in [1.82, 2.24) is 0 Å². The highest BCUT2D eigenvalue weighted by Gasteiger charge is 2.51. The second-order valence-corrected chi connectivity index (χ2v) is 15.2. The van der Waals surface area contributed by atoms with Crippen LogP contribution in [0.5, 0.6) is 11.5 Å². The largest absolute Gasteiger partial charge is 0.455 e.